The Labute approximate surface area is 153 Å². The number of carbonyl (C=O) groups is 1. The molecule has 1 fully saturated rings. The van der Waals surface area contributed by atoms with Crippen LogP contribution >= 0.6 is 11.3 Å². The van der Waals surface area contributed by atoms with Gasteiger partial charge in [0.05, 0.1) is 13.2 Å². The summed E-state index contributed by atoms with van der Waals surface area (Å²) in [5.41, 5.74) is 2.29. The summed E-state index contributed by atoms with van der Waals surface area (Å²) in [5, 5.41) is 12.6. The number of para-hydroxylation sites is 1. The summed E-state index contributed by atoms with van der Waals surface area (Å²) in [4.78, 5) is 15.6. The highest BCUT2D eigenvalue weighted by molar-refractivity contribution is 7.10. The first-order valence-electron chi connectivity index (χ1n) is 8.72. The highest BCUT2D eigenvalue weighted by Gasteiger charge is 2.32. The van der Waals surface area contributed by atoms with Crippen LogP contribution in [0.25, 0.3) is 0 Å². The molecule has 0 bridgehead atoms. The topological polar surface area (TPSA) is 49.8 Å². The summed E-state index contributed by atoms with van der Waals surface area (Å²) in [6, 6.07) is 9.89. The molecule has 5 heteroatoms. The normalized spacial score (nSPS) is 20.5. The maximum atomic E-state index is 12.6. The zero-order valence-electron chi connectivity index (χ0n) is 14.8. The second-order valence-corrected chi connectivity index (χ2v) is 7.53. The lowest BCUT2D eigenvalue weighted by Gasteiger charge is -2.36. The first-order valence-corrected chi connectivity index (χ1v) is 9.60. The number of aryl methyl sites for hydroxylation is 2. The molecule has 25 heavy (non-hydrogen) atoms. The average Bonchev–Trinajstić information content (AvgIpc) is 3.05. The van der Waals surface area contributed by atoms with Crippen LogP contribution < -0.4 is 4.74 Å². The standard InChI is InChI=1S/C20H25NO3S/c1-14-10-12-25-20(14)16-9-11-21(13-17(16)22)19(23)8-7-15-5-3-4-6-18(15)24-2/h3-6,10,12,16-17,22H,7-9,11,13H2,1-2H3/t16-,17-/m1/s1. The van der Waals surface area contributed by atoms with Gasteiger partial charge in [0, 0.05) is 30.3 Å². The van der Waals surface area contributed by atoms with Crippen molar-refractivity contribution >= 4 is 17.2 Å². The Kier molecular flexibility index (Phi) is 5.76. The molecule has 0 unspecified atom stereocenters. The second-order valence-electron chi connectivity index (χ2n) is 6.58. The number of hydrogen-bond donors (Lipinski definition) is 1. The molecule has 4 nitrogen and oxygen atoms in total. The van der Waals surface area contributed by atoms with Crippen LogP contribution in [0.3, 0.4) is 0 Å². The molecular weight excluding hydrogens is 334 g/mol. The Hall–Kier alpha value is -1.85. The van der Waals surface area contributed by atoms with E-state index >= 15 is 0 Å². The molecule has 0 aliphatic carbocycles. The Morgan fingerprint density at radius 1 is 1.36 bits per heavy atom. The van der Waals surface area contributed by atoms with E-state index < -0.39 is 6.10 Å². The lowest BCUT2D eigenvalue weighted by molar-refractivity contribution is -0.134. The Balaban J connectivity index is 1.57. The molecule has 0 radical (unpaired) electrons. The van der Waals surface area contributed by atoms with Gasteiger partial charge >= 0.3 is 0 Å². The van der Waals surface area contributed by atoms with E-state index in [4.69, 9.17) is 4.74 Å². The Morgan fingerprint density at radius 2 is 2.16 bits per heavy atom. The lowest BCUT2D eigenvalue weighted by Crippen LogP contribution is -2.45. The number of likely N-dealkylation sites (tertiary alicyclic amines) is 1. The van der Waals surface area contributed by atoms with E-state index in [2.05, 4.69) is 18.4 Å². The number of carbonyl (C=O) groups excluding carboxylic acids is 1. The van der Waals surface area contributed by atoms with Crippen LogP contribution in [0, 0.1) is 6.92 Å². The zero-order valence-corrected chi connectivity index (χ0v) is 15.6. The van der Waals surface area contributed by atoms with Crippen LogP contribution in [0.2, 0.25) is 0 Å². The molecule has 1 saturated heterocycles. The minimum absolute atomic E-state index is 0.103. The Morgan fingerprint density at radius 3 is 2.84 bits per heavy atom. The number of β-amino-alcohol motifs (C(OH)–C–C–N with tert-alkyl or cyclic N) is 1. The molecule has 3 rings (SSSR count). The van der Waals surface area contributed by atoms with Gasteiger partial charge in [-0.25, -0.2) is 0 Å². The summed E-state index contributed by atoms with van der Waals surface area (Å²) >= 11 is 1.70. The molecule has 0 spiro atoms. The van der Waals surface area contributed by atoms with Gasteiger partial charge in [0.15, 0.2) is 0 Å². The lowest BCUT2D eigenvalue weighted by atomic mass is 9.90. The molecule has 2 aromatic rings. The van der Waals surface area contributed by atoms with Crippen LogP contribution in [0.5, 0.6) is 5.75 Å². The summed E-state index contributed by atoms with van der Waals surface area (Å²) in [6.07, 6.45) is 1.43. The van der Waals surface area contributed by atoms with Crippen molar-refractivity contribution in [1.29, 1.82) is 0 Å². The summed E-state index contributed by atoms with van der Waals surface area (Å²) in [7, 11) is 1.65. The number of hydrogen-bond acceptors (Lipinski definition) is 4. The molecule has 1 aliphatic rings. The van der Waals surface area contributed by atoms with Crippen molar-refractivity contribution in [3.05, 3.63) is 51.7 Å². The second kappa shape index (κ2) is 8.02. The summed E-state index contributed by atoms with van der Waals surface area (Å²) < 4.78 is 5.34. The largest absolute Gasteiger partial charge is 0.496 e. The molecule has 0 saturated carbocycles. The number of aliphatic hydroxyl groups excluding tert-OH is 1. The molecule has 2 heterocycles. The van der Waals surface area contributed by atoms with Crippen molar-refractivity contribution in [2.75, 3.05) is 20.2 Å². The number of piperidine rings is 1. The number of methoxy groups -OCH3 is 1. The molecule has 1 N–H and O–H groups in total. The molecule has 134 valence electrons. The predicted molar refractivity (Wildman–Crippen MR) is 100 cm³/mol. The SMILES string of the molecule is COc1ccccc1CCC(=O)N1CC[C@@H](c2sccc2C)[C@H](O)C1. The van der Waals surface area contributed by atoms with E-state index in [0.717, 1.165) is 17.7 Å². The van der Waals surface area contributed by atoms with Crippen LogP contribution in [0.1, 0.15) is 34.8 Å². The van der Waals surface area contributed by atoms with Crippen molar-refractivity contribution in [2.24, 2.45) is 0 Å². The van der Waals surface area contributed by atoms with Gasteiger partial charge in [0.2, 0.25) is 5.91 Å². The molecular formula is C20H25NO3S. The van der Waals surface area contributed by atoms with Crippen molar-refractivity contribution in [3.8, 4) is 5.75 Å². The number of ether oxygens (including phenoxy) is 1. The maximum absolute atomic E-state index is 12.6. The van der Waals surface area contributed by atoms with Gasteiger partial charge in [0.25, 0.3) is 0 Å². The third-order valence-electron chi connectivity index (χ3n) is 4.97. The van der Waals surface area contributed by atoms with Gasteiger partial charge in [-0.15, -0.1) is 11.3 Å². The maximum Gasteiger partial charge on any atom is 0.222 e. The third kappa shape index (κ3) is 4.05. The van der Waals surface area contributed by atoms with Gasteiger partial charge < -0.3 is 14.7 Å². The van der Waals surface area contributed by atoms with Gasteiger partial charge in [-0.2, -0.15) is 0 Å². The van der Waals surface area contributed by atoms with Crippen LogP contribution in [-0.4, -0.2) is 42.2 Å². The third-order valence-corrected chi connectivity index (χ3v) is 6.12. The van der Waals surface area contributed by atoms with E-state index in [1.165, 1.54) is 10.4 Å². The van der Waals surface area contributed by atoms with Gasteiger partial charge in [-0.1, -0.05) is 18.2 Å². The number of amides is 1. The first-order chi connectivity index (χ1) is 12.1. The van der Waals surface area contributed by atoms with Gasteiger partial charge in [-0.3, -0.25) is 4.79 Å². The predicted octanol–water partition coefficient (Wildman–Crippen LogP) is 3.37. The molecule has 1 aromatic heterocycles. The van der Waals surface area contributed by atoms with Crippen molar-refractivity contribution in [2.45, 2.75) is 38.2 Å². The monoisotopic (exact) mass is 359 g/mol. The number of aliphatic hydroxyl groups is 1. The minimum Gasteiger partial charge on any atom is -0.496 e. The van der Waals surface area contributed by atoms with E-state index in [-0.39, 0.29) is 11.8 Å². The van der Waals surface area contributed by atoms with Crippen LogP contribution in [0.4, 0.5) is 0 Å². The highest BCUT2D eigenvalue weighted by atomic mass is 32.1. The highest BCUT2D eigenvalue weighted by Crippen LogP contribution is 2.34. The van der Waals surface area contributed by atoms with Crippen molar-refractivity contribution in [3.63, 3.8) is 0 Å². The van der Waals surface area contributed by atoms with E-state index in [0.29, 0.717) is 25.9 Å². The molecule has 1 amide bonds. The van der Waals surface area contributed by atoms with Gasteiger partial charge in [-0.05, 0) is 48.4 Å². The quantitative estimate of drug-likeness (QED) is 0.890. The molecule has 1 aromatic carbocycles. The fraction of sp³-hybridized carbons (Fsp3) is 0.450. The number of rotatable bonds is 5. The fourth-order valence-corrected chi connectivity index (χ4v) is 4.66. The summed E-state index contributed by atoms with van der Waals surface area (Å²) in [5.74, 6) is 1.08. The molecule has 1 aliphatic heterocycles. The number of thiophene rings is 1. The minimum atomic E-state index is -0.485. The average molecular weight is 359 g/mol. The number of benzene rings is 1. The summed E-state index contributed by atoms with van der Waals surface area (Å²) in [6.45, 7) is 3.22. The smallest absolute Gasteiger partial charge is 0.222 e. The fourth-order valence-electron chi connectivity index (χ4n) is 3.54. The van der Waals surface area contributed by atoms with Crippen molar-refractivity contribution < 1.29 is 14.6 Å². The van der Waals surface area contributed by atoms with Gasteiger partial charge in [0.1, 0.15) is 5.75 Å². The van der Waals surface area contributed by atoms with Crippen LogP contribution in [0.15, 0.2) is 35.7 Å². The first kappa shape index (κ1) is 18.0. The van der Waals surface area contributed by atoms with Crippen molar-refractivity contribution in [1.82, 2.24) is 4.90 Å². The van der Waals surface area contributed by atoms with Crippen LogP contribution in [-0.2, 0) is 11.2 Å². The van der Waals surface area contributed by atoms with E-state index in [9.17, 15) is 9.90 Å². The number of nitrogens with zero attached hydrogens (tertiary/aromatic N) is 1. The zero-order chi connectivity index (χ0) is 17.8. The van der Waals surface area contributed by atoms with E-state index in [1.807, 2.05) is 24.3 Å². The molecule has 2 atom stereocenters. The van der Waals surface area contributed by atoms with E-state index in [1.54, 1.807) is 23.3 Å². The Bertz CT molecular complexity index is 727.